The van der Waals surface area contributed by atoms with Crippen molar-refractivity contribution in [2.24, 2.45) is 5.73 Å². The fraction of sp³-hybridized carbons (Fsp3) is 0.208. The lowest BCUT2D eigenvalue weighted by Crippen LogP contribution is -2.41. The quantitative estimate of drug-likeness (QED) is 0.611. The first-order chi connectivity index (χ1) is 16.0. The van der Waals surface area contributed by atoms with Crippen LogP contribution >= 0.6 is 0 Å². The summed E-state index contributed by atoms with van der Waals surface area (Å²) in [4.78, 5) is 26.6. The molecule has 0 bridgehead atoms. The van der Waals surface area contributed by atoms with Crippen LogP contribution in [0.25, 0.3) is 0 Å². The third-order valence-corrected chi connectivity index (χ3v) is 5.44. The summed E-state index contributed by atoms with van der Waals surface area (Å²) in [7, 11) is 0. The summed E-state index contributed by atoms with van der Waals surface area (Å²) in [6.07, 6.45) is -4.63. The number of rotatable bonds is 5. The van der Waals surface area contributed by atoms with Crippen LogP contribution in [0.1, 0.15) is 36.5 Å². The van der Waals surface area contributed by atoms with Gasteiger partial charge in [-0.15, -0.1) is 0 Å². The number of nitrogens with two attached hydrogens (primary N) is 1. The number of nitrogens with one attached hydrogen (secondary N) is 1. The number of allylic oxidation sites excluding steroid dienone is 1. The van der Waals surface area contributed by atoms with E-state index < -0.39 is 29.5 Å². The molecule has 1 amide bonds. The molecule has 0 aromatic heterocycles. The average Bonchev–Trinajstić information content (AvgIpc) is 2.78. The van der Waals surface area contributed by atoms with Gasteiger partial charge in [0.05, 0.1) is 28.7 Å². The number of nitrogens with zero attached hydrogens (tertiary/aromatic N) is 2. The molecule has 10 heteroatoms. The Morgan fingerprint density at radius 1 is 1.18 bits per heavy atom. The van der Waals surface area contributed by atoms with Gasteiger partial charge in [0.1, 0.15) is 5.82 Å². The fourth-order valence-corrected chi connectivity index (χ4v) is 3.94. The zero-order valence-electron chi connectivity index (χ0n) is 18.3. The molecule has 0 aliphatic carbocycles. The second-order valence-corrected chi connectivity index (χ2v) is 7.51. The van der Waals surface area contributed by atoms with Crippen LogP contribution in [0.15, 0.2) is 71.2 Å². The van der Waals surface area contributed by atoms with Crippen LogP contribution in [0, 0.1) is 11.3 Å². The number of benzene rings is 2. The van der Waals surface area contributed by atoms with Crippen LogP contribution < -0.4 is 16.0 Å². The zero-order valence-corrected chi connectivity index (χ0v) is 18.3. The van der Waals surface area contributed by atoms with Crippen molar-refractivity contribution in [3.05, 3.63) is 87.9 Å². The van der Waals surface area contributed by atoms with Gasteiger partial charge in [0, 0.05) is 23.5 Å². The van der Waals surface area contributed by atoms with E-state index in [0.717, 1.165) is 17.0 Å². The molecule has 1 heterocycles. The summed E-state index contributed by atoms with van der Waals surface area (Å²) in [6, 6.07) is 12.2. The number of hydrogen-bond acceptors (Lipinski definition) is 5. The second kappa shape index (κ2) is 9.31. The number of aliphatic carboxylic acids is 1. The van der Waals surface area contributed by atoms with Gasteiger partial charge in [-0.3, -0.25) is 4.79 Å². The molecule has 176 valence electrons. The van der Waals surface area contributed by atoms with Gasteiger partial charge in [-0.1, -0.05) is 18.2 Å². The summed E-state index contributed by atoms with van der Waals surface area (Å²) < 4.78 is 40.0. The van der Waals surface area contributed by atoms with Crippen LogP contribution in [0.4, 0.5) is 18.9 Å². The first kappa shape index (κ1) is 24.4. The molecule has 2 aromatic carbocycles. The first-order valence-corrected chi connectivity index (χ1v) is 10.2. The maximum absolute atomic E-state index is 13.3. The lowest BCUT2D eigenvalue weighted by atomic mass is 9.80. The number of carbonyl (C=O) groups excluding carboxylic acids is 1. The van der Waals surface area contributed by atoms with Crippen LogP contribution in [0.5, 0.6) is 0 Å². The summed E-state index contributed by atoms with van der Waals surface area (Å²) >= 11 is 0. The number of carboxylic acids is 1. The molecule has 4 N–H and O–H groups in total. The van der Waals surface area contributed by atoms with E-state index in [1.807, 2.05) is 6.07 Å². The Bertz CT molecular complexity index is 1240. The number of halogens is 3. The van der Waals surface area contributed by atoms with Crippen LogP contribution in [0.2, 0.25) is 0 Å². The highest BCUT2D eigenvalue weighted by Crippen LogP contribution is 2.43. The number of alkyl halides is 3. The van der Waals surface area contributed by atoms with Crippen molar-refractivity contribution in [1.82, 2.24) is 5.32 Å². The van der Waals surface area contributed by atoms with Crippen molar-refractivity contribution >= 4 is 17.6 Å². The van der Waals surface area contributed by atoms with Gasteiger partial charge in [0.2, 0.25) is 5.91 Å². The molecule has 0 saturated heterocycles. The van der Waals surface area contributed by atoms with Crippen LogP contribution in [0.3, 0.4) is 0 Å². The number of amides is 1. The van der Waals surface area contributed by atoms with Gasteiger partial charge < -0.3 is 21.1 Å². The van der Waals surface area contributed by atoms with Crippen LogP contribution in [-0.2, 0) is 15.8 Å². The van der Waals surface area contributed by atoms with Crippen molar-refractivity contribution in [3.63, 3.8) is 0 Å². The molecule has 2 aromatic rings. The summed E-state index contributed by atoms with van der Waals surface area (Å²) in [5, 5.41) is 21.8. The van der Waals surface area contributed by atoms with Gasteiger partial charge in [0.15, 0.2) is 0 Å². The highest BCUT2D eigenvalue weighted by atomic mass is 19.4. The average molecular weight is 470 g/mol. The monoisotopic (exact) mass is 470 g/mol. The third-order valence-electron chi connectivity index (χ3n) is 5.44. The van der Waals surface area contributed by atoms with E-state index in [4.69, 9.17) is 11.0 Å². The van der Waals surface area contributed by atoms with E-state index in [-0.39, 0.29) is 34.9 Å². The molecule has 0 spiro atoms. The molecular formula is C24H21F3N4O3. The Hall–Kier alpha value is -4.26. The number of nitriles is 1. The topological polar surface area (TPSA) is 119 Å². The molecule has 0 fully saturated rings. The van der Waals surface area contributed by atoms with Crippen LogP contribution in [-0.4, -0.2) is 23.5 Å². The molecule has 1 aliphatic heterocycles. The van der Waals surface area contributed by atoms with E-state index in [9.17, 15) is 27.9 Å². The minimum absolute atomic E-state index is 0.0237. The number of hydrogen-bond donors (Lipinski definition) is 3. The summed E-state index contributed by atoms with van der Waals surface area (Å²) in [6.45, 7) is 3.41. The molecule has 7 nitrogen and oxygen atoms in total. The standard InChI is InChI=1S/C24H21F3N4O3/c1-3-30-22(32)18-13(2)31(17-6-4-5-16(11-17)24(25,26)27)21(29)20(23(33)34)19(18)15-9-7-14(12-28)8-10-15/h4-11,19H,3,29H2,1-2H3,(H,30,32)(H,33,34). The maximum Gasteiger partial charge on any atom is 0.416 e. The highest BCUT2D eigenvalue weighted by Gasteiger charge is 2.41. The predicted octanol–water partition coefficient (Wildman–Crippen LogP) is 3.85. The van der Waals surface area contributed by atoms with E-state index in [1.54, 1.807) is 6.92 Å². The fourth-order valence-electron chi connectivity index (χ4n) is 3.94. The normalized spacial score (nSPS) is 16.4. The Labute approximate surface area is 193 Å². The Morgan fingerprint density at radius 3 is 2.35 bits per heavy atom. The molecule has 0 saturated carbocycles. The van der Waals surface area contributed by atoms with Gasteiger partial charge in [-0.05, 0) is 49.7 Å². The van der Waals surface area contributed by atoms with E-state index in [0.29, 0.717) is 11.1 Å². The lowest BCUT2D eigenvalue weighted by Gasteiger charge is -2.37. The maximum atomic E-state index is 13.3. The second-order valence-electron chi connectivity index (χ2n) is 7.51. The molecule has 1 unspecified atom stereocenters. The number of anilines is 1. The van der Waals surface area contributed by atoms with E-state index in [2.05, 4.69) is 5.32 Å². The first-order valence-electron chi connectivity index (χ1n) is 10.2. The molecule has 1 aliphatic rings. The SMILES string of the molecule is CCNC(=O)C1=C(C)N(c2cccc(C(F)(F)F)c2)C(N)=C(C(=O)O)C1c1ccc(C#N)cc1. The van der Waals surface area contributed by atoms with E-state index in [1.165, 1.54) is 43.3 Å². The predicted molar refractivity (Wildman–Crippen MR) is 118 cm³/mol. The number of carboxylic acid groups (broad SMARTS) is 1. The number of carbonyl (C=O) groups is 2. The van der Waals surface area contributed by atoms with Crippen molar-refractivity contribution in [2.45, 2.75) is 25.9 Å². The summed E-state index contributed by atoms with van der Waals surface area (Å²) in [5.41, 5.74) is 5.83. The van der Waals surface area contributed by atoms with Gasteiger partial charge >= 0.3 is 12.1 Å². The molecule has 3 rings (SSSR count). The van der Waals surface area contributed by atoms with E-state index >= 15 is 0 Å². The van der Waals surface area contributed by atoms with Crippen molar-refractivity contribution in [1.29, 1.82) is 5.26 Å². The smallest absolute Gasteiger partial charge is 0.416 e. The minimum Gasteiger partial charge on any atom is -0.478 e. The van der Waals surface area contributed by atoms with Gasteiger partial charge in [0.25, 0.3) is 0 Å². The molecule has 1 atom stereocenters. The van der Waals surface area contributed by atoms with Gasteiger partial charge in [-0.2, -0.15) is 18.4 Å². The molecule has 0 radical (unpaired) electrons. The van der Waals surface area contributed by atoms with Crippen molar-refractivity contribution in [3.8, 4) is 6.07 Å². The number of likely N-dealkylation sites (N-methyl/N-ethyl adjacent to an activating group) is 1. The van der Waals surface area contributed by atoms with Crippen molar-refractivity contribution in [2.75, 3.05) is 11.4 Å². The van der Waals surface area contributed by atoms with Gasteiger partial charge in [-0.25, -0.2) is 4.79 Å². The largest absolute Gasteiger partial charge is 0.478 e. The third kappa shape index (κ3) is 4.45. The highest BCUT2D eigenvalue weighted by molar-refractivity contribution is 6.03. The molecular weight excluding hydrogens is 449 g/mol. The minimum atomic E-state index is -4.63. The Kier molecular flexibility index (Phi) is 6.68. The Morgan fingerprint density at radius 2 is 1.82 bits per heavy atom. The Balaban J connectivity index is 2.31. The zero-order chi connectivity index (χ0) is 25.2. The molecule has 34 heavy (non-hydrogen) atoms. The van der Waals surface area contributed by atoms with Crippen molar-refractivity contribution < 1.29 is 27.9 Å². The summed E-state index contributed by atoms with van der Waals surface area (Å²) in [5.74, 6) is -3.44. The lowest BCUT2D eigenvalue weighted by molar-refractivity contribution is -0.137.